The van der Waals surface area contributed by atoms with Gasteiger partial charge >= 0.3 is 6.18 Å². The Morgan fingerprint density at radius 2 is 1.97 bits per heavy atom. The monoisotopic (exact) mass is 531 g/mol. The van der Waals surface area contributed by atoms with E-state index in [1.165, 1.54) is 12.1 Å². The SMILES string of the molecule is C[C@H](CC[C@@H]1[C@H](C)c2cc(C(F)(F)F)ccc2N[C@H]1c1ccsc1)CNS(=O)(=O)CCCN(C)C. The Bertz CT molecular complexity index is 1060. The van der Waals surface area contributed by atoms with Gasteiger partial charge in [0, 0.05) is 12.2 Å². The van der Waals surface area contributed by atoms with Crippen molar-refractivity contribution >= 4 is 27.0 Å². The molecule has 5 nitrogen and oxygen atoms in total. The second kappa shape index (κ2) is 11.6. The Morgan fingerprint density at radius 3 is 2.60 bits per heavy atom. The van der Waals surface area contributed by atoms with Gasteiger partial charge in [0.15, 0.2) is 0 Å². The minimum absolute atomic E-state index is 0.00425. The van der Waals surface area contributed by atoms with E-state index >= 15 is 0 Å². The smallest absolute Gasteiger partial charge is 0.378 e. The van der Waals surface area contributed by atoms with Crippen molar-refractivity contribution in [2.24, 2.45) is 11.8 Å². The molecule has 1 aliphatic rings. The lowest BCUT2D eigenvalue weighted by atomic mass is 9.73. The van der Waals surface area contributed by atoms with Crippen LogP contribution in [0.1, 0.15) is 61.8 Å². The van der Waals surface area contributed by atoms with Gasteiger partial charge in [-0.1, -0.05) is 13.8 Å². The molecule has 1 aliphatic heterocycles. The summed E-state index contributed by atoms with van der Waals surface area (Å²) in [6, 6.07) is 6.00. The zero-order chi connectivity index (χ0) is 25.8. The number of hydrogen-bond acceptors (Lipinski definition) is 5. The number of nitrogens with zero attached hydrogens (tertiary/aromatic N) is 1. The van der Waals surface area contributed by atoms with E-state index in [1.54, 1.807) is 11.3 Å². The number of halogens is 3. The van der Waals surface area contributed by atoms with Gasteiger partial charge in [-0.05, 0) is 104 Å². The lowest BCUT2D eigenvalue weighted by Gasteiger charge is -2.40. The first-order valence-corrected chi connectivity index (χ1v) is 14.6. The average Bonchev–Trinajstić information content (AvgIpc) is 3.30. The van der Waals surface area contributed by atoms with Crippen LogP contribution in [-0.4, -0.2) is 46.3 Å². The molecule has 0 radical (unpaired) electrons. The summed E-state index contributed by atoms with van der Waals surface area (Å²) in [6.07, 6.45) is -2.27. The number of rotatable bonds is 11. The zero-order valence-electron chi connectivity index (χ0n) is 20.7. The van der Waals surface area contributed by atoms with Crippen molar-refractivity contribution in [1.82, 2.24) is 9.62 Å². The summed E-state index contributed by atoms with van der Waals surface area (Å²) in [7, 11) is 0.498. The number of hydrogen-bond donors (Lipinski definition) is 2. The van der Waals surface area contributed by atoms with Crippen molar-refractivity contribution in [3.05, 3.63) is 51.7 Å². The van der Waals surface area contributed by atoms with Crippen molar-refractivity contribution < 1.29 is 21.6 Å². The van der Waals surface area contributed by atoms with Crippen molar-refractivity contribution in [2.45, 2.75) is 51.2 Å². The summed E-state index contributed by atoms with van der Waals surface area (Å²) in [5.41, 5.74) is 1.93. The van der Waals surface area contributed by atoms with Crippen LogP contribution in [0.2, 0.25) is 0 Å². The van der Waals surface area contributed by atoms with E-state index in [0.717, 1.165) is 30.2 Å². The molecule has 0 amide bonds. The molecule has 35 heavy (non-hydrogen) atoms. The fourth-order valence-corrected chi connectivity index (χ4v) is 6.62. The second-order valence-electron chi connectivity index (χ2n) is 9.94. The molecule has 1 aromatic carbocycles. The molecule has 0 spiro atoms. The Kier molecular flexibility index (Phi) is 9.28. The van der Waals surface area contributed by atoms with E-state index in [2.05, 4.69) is 21.5 Å². The number of alkyl halides is 3. The van der Waals surface area contributed by atoms with Crippen molar-refractivity contribution in [3.63, 3.8) is 0 Å². The lowest BCUT2D eigenvalue weighted by molar-refractivity contribution is -0.137. The summed E-state index contributed by atoms with van der Waals surface area (Å²) in [5, 5.41) is 7.58. The molecule has 0 bridgehead atoms. The standard InChI is InChI=1S/C25H36F3N3O2S2/c1-17(15-29-35(32,33)13-5-11-31(3)4)6-8-21-18(2)22-14-20(25(26,27)28)7-9-23(22)30-24(21)19-10-12-34-16-19/h7,9-10,12,14,16-18,21,24,29-30H,5-6,8,11,13,15H2,1-4H3/t17-,18+,21-,24+/m1/s1. The summed E-state index contributed by atoms with van der Waals surface area (Å²) >= 11 is 1.60. The summed E-state index contributed by atoms with van der Waals surface area (Å²) in [6.45, 7) is 5.09. The fraction of sp³-hybridized carbons (Fsp3) is 0.600. The van der Waals surface area contributed by atoms with Crippen LogP contribution in [0.4, 0.5) is 18.9 Å². The predicted octanol–water partition coefficient (Wildman–Crippen LogP) is 5.94. The van der Waals surface area contributed by atoms with Crippen LogP contribution in [-0.2, 0) is 16.2 Å². The molecule has 10 heteroatoms. The quantitative estimate of drug-likeness (QED) is 0.377. The van der Waals surface area contributed by atoms with Crippen LogP contribution in [0.25, 0.3) is 0 Å². The first kappa shape index (κ1) is 28.0. The van der Waals surface area contributed by atoms with Crippen LogP contribution in [0.15, 0.2) is 35.0 Å². The molecule has 0 aliphatic carbocycles. The van der Waals surface area contributed by atoms with Gasteiger partial charge in [0.1, 0.15) is 0 Å². The number of anilines is 1. The highest BCUT2D eigenvalue weighted by Gasteiger charge is 2.38. The third kappa shape index (κ3) is 7.68. The van der Waals surface area contributed by atoms with E-state index in [4.69, 9.17) is 0 Å². The van der Waals surface area contributed by atoms with Gasteiger partial charge in [0.2, 0.25) is 10.0 Å². The maximum absolute atomic E-state index is 13.4. The third-order valence-corrected chi connectivity index (χ3v) is 8.95. The largest absolute Gasteiger partial charge is 0.416 e. The van der Waals surface area contributed by atoms with Crippen LogP contribution >= 0.6 is 11.3 Å². The van der Waals surface area contributed by atoms with Gasteiger partial charge in [0.25, 0.3) is 0 Å². The normalized spacial score (nSPS) is 21.5. The molecule has 1 aromatic heterocycles. The number of nitrogens with one attached hydrogen (secondary N) is 2. The Morgan fingerprint density at radius 1 is 1.23 bits per heavy atom. The Balaban J connectivity index is 1.68. The molecule has 0 saturated heterocycles. The van der Waals surface area contributed by atoms with Gasteiger partial charge in [-0.3, -0.25) is 0 Å². The van der Waals surface area contributed by atoms with Crippen molar-refractivity contribution in [3.8, 4) is 0 Å². The minimum Gasteiger partial charge on any atom is -0.378 e. The zero-order valence-corrected chi connectivity index (χ0v) is 22.4. The number of thiophene rings is 1. The van der Waals surface area contributed by atoms with Gasteiger partial charge in [-0.25, -0.2) is 13.1 Å². The van der Waals surface area contributed by atoms with Crippen LogP contribution in [0.3, 0.4) is 0 Å². The molecule has 2 aromatic rings. The second-order valence-corrected chi connectivity index (χ2v) is 12.6. The highest BCUT2D eigenvalue weighted by atomic mass is 32.2. The molecule has 196 valence electrons. The van der Waals surface area contributed by atoms with Crippen LogP contribution < -0.4 is 10.0 Å². The molecule has 2 heterocycles. The molecule has 2 N–H and O–H groups in total. The van der Waals surface area contributed by atoms with E-state index in [9.17, 15) is 21.6 Å². The van der Waals surface area contributed by atoms with E-state index in [0.29, 0.717) is 25.1 Å². The Hall–Kier alpha value is -1.62. The maximum atomic E-state index is 13.4. The van der Waals surface area contributed by atoms with Gasteiger partial charge in [-0.15, -0.1) is 0 Å². The summed E-state index contributed by atoms with van der Waals surface area (Å²) in [4.78, 5) is 1.96. The minimum atomic E-state index is -4.38. The molecule has 4 atom stereocenters. The maximum Gasteiger partial charge on any atom is 0.416 e. The molecule has 3 rings (SSSR count). The number of sulfonamides is 1. The average molecular weight is 532 g/mol. The van der Waals surface area contributed by atoms with Crippen molar-refractivity contribution in [2.75, 3.05) is 38.3 Å². The number of benzene rings is 1. The topological polar surface area (TPSA) is 61.4 Å². The molecular formula is C25H36F3N3O2S2. The summed E-state index contributed by atoms with van der Waals surface area (Å²) < 4.78 is 67.4. The van der Waals surface area contributed by atoms with Gasteiger partial charge in [0.05, 0.1) is 17.4 Å². The van der Waals surface area contributed by atoms with Gasteiger partial charge < -0.3 is 10.2 Å². The van der Waals surface area contributed by atoms with Gasteiger partial charge in [-0.2, -0.15) is 24.5 Å². The van der Waals surface area contributed by atoms with Crippen LogP contribution in [0.5, 0.6) is 0 Å². The van der Waals surface area contributed by atoms with E-state index in [-0.39, 0.29) is 29.5 Å². The molecule has 0 fully saturated rings. The Labute approximate surface area is 211 Å². The molecular weight excluding hydrogens is 495 g/mol. The van der Waals surface area contributed by atoms with E-state index < -0.39 is 21.8 Å². The van der Waals surface area contributed by atoms with Crippen LogP contribution in [0, 0.1) is 11.8 Å². The third-order valence-electron chi connectivity index (χ3n) is 6.82. The summed E-state index contributed by atoms with van der Waals surface area (Å²) in [5.74, 6) is 0.213. The highest BCUT2D eigenvalue weighted by molar-refractivity contribution is 7.89. The first-order chi connectivity index (χ1) is 16.4. The molecule has 0 unspecified atom stereocenters. The van der Waals surface area contributed by atoms with Crippen molar-refractivity contribution in [1.29, 1.82) is 0 Å². The molecule has 0 saturated carbocycles. The fourth-order valence-electron chi connectivity index (χ4n) is 4.73. The lowest BCUT2D eigenvalue weighted by Crippen LogP contribution is -2.33. The van der Waals surface area contributed by atoms with E-state index in [1.807, 2.05) is 38.2 Å². The predicted molar refractivity (Wildman–Crippen MR) is 137 cm³/mol. The highest BCUT2D eigenvalue weighted by Crippen LogP contribution is 2.48. The number of fused-ring (bicyclic) bond motifs is 1. The first-order valence-electron chi connectivity index (χ1n) is 12.0.